The van der Waals surface area contributed by atoms with Crippen LogP contribution >= 0.6 is 0 Å². The van der Waals surface area contributed by atoms with Crippen LogP contribution in [0.4, 0.5) is 17.6 Å². The summed E-state index contributed by atoms with van der Waals surface area (Å²) in [5.74, 6) is -4.32. The molecule has 0 atom stereocenters. The van der Waals surface area contributed by atoms with Gasteiger partial charge in [-0.15, -0.1) is 0 Å². The van der Waals surface area contributed by atoms with Gasteiger partial charge < -0.3 is 0 Å². The van der Waals surface area contributed by atoms with Crippen LogP contribution in [0, 0.1) is 41.5 Å². The summed E-state index contributed by atoms with van der Waals surface area (Å²) in [5.41, 5.74) is -0.883. The summed E-state index contributed by atoms with van der Waals surface area (Å²) in [7, 11) is 0. The first-order chi connectivity index (χ1) is 11.9. The smallest absolute Gasteiger partial charge is 0.159 e. The molecule has 0 N–H and O–H groups in total. The molecule has 7 heteroatoms. The Bertz CT molecular complexity index is 962. The lowest BCUT2D eigenvalue weighted by Crippen LogP contribution is -1.98. The third-order valence-electron chi connectivity index (χ3n) is 3.52. The molecule has 0 radical (unpaired) electrons. The molecule has 0 saturated carbocycles. The van der Waals surface area contributed by atoms with E-state index in [1.54, 1.807) is 6.92 Å². The molecule has 0 spiro atoms. The zero-order valence-corrected chi connectivity index (χ0v) is 12.8. The van der Waals surface area contributed by atoms with Gasteiger partial charge in [0, 0.05) is 18.0 Å². The van der Waals surface area contributed by atoms with Crippen molar-refractivity contribution < 1.29 is 17.6 Å². The Hall–Kier alpha value is -3.27. The lowest BCUT2D eigenvalue weighted by molar-refractivity contribution is 0.573. The Morgan fingerprint density at radius 2 is 1.28 bits per heavy atom. The van der Waals surface area contributed by atoms with Crippen LogP contribution in [0.5, 0.6) is 0 Å². The topological polar surface area (TPSA) is 49.6 Å². The van der Waals surface area contributed by atoms with Crippen LogP contribution in [-0.4, -0.2) is 9.97 Å². The molecule has 3 rings (SSSR count). The maximum atomic E-state index is 14.4. The van der Waals surface area contributed by atoms with E-state index in [1.165, 1.54) is 18.5 Å². The molecular formula is C18H9F4N3. The average Bonchev–Trinajstić information content (AvgIpc) is 2.54. The summed E-state index contributed by atoms with van der Waals surface area (Å²) in [6, 6.07) is 4.75. The Labute approximate surface area is 140 Å². The number of aromatic nitrogens is 2. The third kappa shape index (κ3) is 3.06. The second-order valence-corrected chi connectivity index (χ2v) is 5.33. The van der Waals surface area contributed by atoms with Gasteiger partial charge in [-0.25, -0.2) is 27.5 Å². The van der Waals surface area contributed by atoms with Gasteiger partial charge in [-0.2, -0.15) is 5.26 Å². The van der Waals surface area contributed by atoms with Gasteiger partial charge in [0.05, 0.1) is 5.56 Å². The molecule has 25 heavy (non-hydrogen) atoms. The lowest BCUT2D eigenvalue weighted by Gasteiger charge is -2.09. The first-order valence-electron chi connectivity index (χ1n) is 7.08. The summed E-state index contributed by atoms with van der Waals surface area (Å²) in [6.07, 6.45) is 2.99. The largest absolute Gasteiger partial charge is 0.236 e. The molecule has 124 valence electrons. The van der Waals surface area contributed by atoms with Crippen molar-refractivity contribution in [3.63, 3.8) is 0 Å². The van der Waals surface area contributed by atoms with Crippen LogP contribution in [0.25, 0.3) is 22.5 Å². The van der Waals surface area contributed by atoms with E-state index in [1.807, 2.05) is 0 Å². The third-order valence-corrected chi connectivity index (χ3v) is 3.52. The molecule has 0 unspecified atom stereocenters. The predicted octanol–water partition coefficient (Wildman–Crippen LogP) is 4.55. The maximum Gasteiger partial charge on any atom is 0.159 e. The van der Waals surface area contributed by atoms with E-state index < -0.39 is 34.4 Å². The molecule has 0 fully saturated rings. The van der Waals surface area contributed by atoms with E-state index in [-0.39, 0.29) is 17.0 Å². The lowest BCUT2D eigenvalue weighted by atomic mass is 10.00. The zero-order chi connectivity index (χ0) is 18.1. The highest BCUT2D eigenvalue weighted by molar-refractivity contribution is 5.70. The summed E-state index contributed by atoms with van der Waals surface area (Å²) >= 11 is 0. The normalized spacial score (nSPS) is 10.6. The van der Waals surface area contributed by atoms with Gasteiger partial charge in [0.25, 0.3) is 0 Å². The maximum absolute atomic E-state index is 14.4. The second-order valence-electron chi connectivity index (χ2n) is 5.33. The monoisotopic (exact) mass is 343 g/mol. The highest BCUT2D eigenvalue weighted by atomic mass is 19.1. The highest BCUT2D eigenvalue weighted by Gasteiger charge is 2.19. The van der Waals surface area contributed by atoms with E-state index in [0.717, 1.165) is 17.7 Å². The highest BCUT2D eigenvalue weighted by Crippen LogP contribution is 2.31. The van der Waals surface area contributed by atoms with E-state index in [9.17, 15) is 17.6 Å². The number of hydrogen-bond donors (Lipinski definition) is 0. The standard InChI is InChI=1S/C18H9F4N3/c1-9-7-24-18(25-8-9)11-4-15(21)17(16(22)5-11)10-2-13(19)12(6-23)14(20)3-10/h2-5,7-8H,1H3. The number of halogens is 4. The van der Waals surface area contributed by atoms with Crippen LogP contribution in [0.1, 0.15) is 11.1 Å². The number of aryl methyl sites for hydroxylation is 1. The first kappa shape index (κ1) is 16.6. The van der Waals surface area contributed by atoms with Crippen LogP contribution < -0.4 is 0 Å². The fourth-order valence-electron chi connectivity index (χ4n) is 2.34. The fourth-order valence-corrected chi connectivity index (χ4v) is 2.34. The van der Waals surface area contributed by atoms with Crippen LogP contribution in [0.3, 0.4) is 0 Å². The number of hydrogen-bond acceptors (Lipinski definition) is 3. The van der Waals surface area contributed by atoms with Crippen molar-refractivity contribution in [1.82, 2.24) is 9.97 Å². The molecule has 1 aromatic heterocycles. The van der Waals surface area contributed by atoms with E-state index in [2.05, 4.69) is 9.97 Å². The SMILES string of the molecule is Cc1cnc(-c2cc(F)c(-c3cc(F)c(C#N)c(F)c3)c(F)c2)nc1. The molecule has 1 heterocycles. The van der Waals surface area contributed by atoms with Gasteiger partial charge in [0.2, 0.25) is 0 Å². The van der Waals surface area contributed by atoms with Crippen molar-refractivity contribution in [2.24, 2.45) is 0 Å². The molecule has 2 aromatic carbocycles. The van der Waals surface area contributed by atoms with Crippen LogP contribution in [0.2, 0.25) is 0 Å². The van der Waals surface area contributed by atoms with Gasteiger partial charge in [-0.3, -0.25) is 0 Å². The molecule has 0 saturated heterocycles. The van der Waals surface area contributed by atoms with Gasteiger partial charge >= 0.3 is 0 Å². The second kappa shape index (κ2) is 6.32. The van der Waals surface area contributed by atoms with Crippen molar-refractivity contribution >= 4 is 0 Å². The van der Waals surface area contributed by atoms with E-state index >= 15 is 0 Å². The molecule has 0 amide bonds. The molecule has 0 bridgehead atoms. The summed E-state index contributed by atoms with van der Waals surface area (Å²) in [4.78, 5) is 7.97. The Kier molecular flexibility index (Phi) is 4.19. The number of nitrogens with zero attached hydrogens (tertiary/aromatic N) is 3. The zero-order valence-electron chi connectivity index (χ0n) is 12.8. The Morgan fingerprint density at radius 1 is 0.800 bits per heavy atom. The van der Waals surface area contributed by atoms with Gasteiger partial charge in [0.15, 0.2) is 5.82 Å². The van der Waals surface area contributed by atoms with Crippen molar-refractivity contribution in [1.29, 1.82) is 5.26 Å². The Morgan fingerprint density at radius 3 is 1.76 bits per heavy atom. The quantitative estimate of drug-likeness (QED) is 0.642. The molecule has 3 nitrogen and oxygen atoms in total. The van der Waals surface area contributed by atoms with Crippen molar-refractivity contribution in [2.45, 2.75) is 6.92 Å². The van der Waals surface area contributed by atoms with Crippen molar-refractivity contribution in [2.75, 3.05) is 0 Å². The average molecular weight is 343 g/mol. The molecular weight excluding hydrogens is 334 g/mol. The minimum absolute atomic E-state index is 0.0911. The number of nitriles is 1. The van der Waals surface area contributed by atoms with E-state index in [4.69, 9.17) is 5.26 Å². The summed E-state index contributed by atoms with van der Waals surface area (Å²) in [5, 5.41) is 8.66. The number of rotatable bonds is 2. The molecule has 0 aliphatic carbocycles. The molecule has 0 aliphatic rings. The van der Waals surface area contributed by atoms with Crippen LogP contribution in [0.15, 0.2) is 36.7 Å². The van der Waals surface area contributed by atoms with E-state index in [0.29, 0.717) is 12.1 Å². The number of benzene rings is 2. The van der Waals surface area contributed by atoms with Crippen molar-refractivity contribution in [3.8, 4) is 28.6 Å². The van der Waals surface area contributed by atoms with Gasteiger partial charge in [0.1, 0.15) is 34.9 Å². The Balaban J connectivity index is 2.13. The minimum atomic E-state index is -1.19. The minimum Gasteiger partial charge on any atom is -0.236 e. The fraction of sp³-hybridized carbons (Fsp3) is 0.0556. The predicted molar refractivity (Wildman–Crippen MR) is 82.2 cm³/mol. The van der Waals surface area contributed by atoms with Crippen LogP contribution in [-0.2, 0) is 0 Å². The van der Waals surface area contributed by atoms with Gasteiger partial charge in [-0.05, 0) is 42.3 Å². The van der Waals surface area contributed by atoms with Gasteiger partial charge in [-0.1, -0.05) is 0 Å². The first-order valence-corrected chi connectivity index (χ1v) is 7.08. The molecule has 0 aliphatic heterocycles. The summed E-state index contributed by atoms with van der Waals surface area (Å²) < 4.78 is 56.2. The molecule has 3 aromatic rings. The van der Waals surface area contributed by atoms with Crippen molar-refractivity contribution in [3.05, 3.63) is 71.1 Å². The summed E-state index contributed by atoms with van der Waals surface area (Å²) in [6.45, 7) is 1.77.